The van der Waals surface area contributed by atoms with E-state index in [0.717, 1.165) is 19.3 Å². The number of benzene rings is 1. The first-order valence-corrected chi connectivity index (χ1v) is 10.5. The monoisotopic (exact) mass is 400 g/mol. The van der Waals surface area contributed by atoms with E-state index in [2.05, 4.69) is 6.92 Å². The molecule has 1 aromatic carbocycles. The maximum Gasteiger partial charge on any atom is 0.407 e. The second-order valence-corrected chi connectivity index (χ2v) is 7.46. The molecular formula is C22H35F3N2O. The first-order chi connectivity index (χ1) is 13.3. The summed E-state index contributed by atoms with van der Waals surface area (Å²) in [4.78, 5) is 13.6. The van der Waals surface area contributed by atoms with Gasteiger partial charge in [-0.1, -0.05) is 76.8 Å². The van der Waals surface area contributed by atoms with E-state index >= 15 is 0 Å². The highest BCUT2D eigenvalue weighted by Gasteiger charge is 2.37. The average molecular weight is 401 g/mol. The van der Waals surface area contributed by atoms with Gasteiger partial charge < -0.3 is 10.6 Å². The van der Waals surface area contributed by atoms with Gasteiger partial charge in [0, 0.05) is 19.2 Å². The summed E-state index contributed by atoms with van der Waals surface area (Å²) in [5.41, 5.74) is 5.84. The molecule has 0 radical (unpaired) electrons. The Morgan fingerprint density at radius 1 is 0.929 bits per heavy atom. The summed E-state index contributed by atoms with van der Waals surface area (Å²) in [6.07, 6.45) is 7.64. The molecule has 0 spiro atoms. The third-order valence-electron chi connectivity index (χ3n) is 5.03. The van der Waals surface area contributed by atoms with E-state index in [9.17, 15) is 18.0 Å². The standard InChI is InChI=1S/C22H35F3N2O/c1-3-4-5-6-7-8-9-10-11-12-17-27(18(2)28)20-15-13-19(14-16-20)21(26)22(23,24)25/h13-16,21H,3-12,17,26H2,1-2H3. The predicted molar refractivity (Wildman–Crippen MR) is 109 cm³/mol. The minimum Gasteiger partial charge on any atom is -0.316 e. The van der Waals surface area contributed by atoms with E-state index in [1.807, 2.05) is 0 Å². The molecule has 160 valence electrons. The van der Waals surface area contributed by atoms with Gasteiger partial charge in [0.25, 0.3) is 0 Å². The lowest BCUT2D eigenvalue weighted by Gasteiger charge is -2.22. The fraction of sp³-hybridized carbons (Fsp3) is 0.682. The Hall–Kier alpha value is -1.56. The van der Waals surface area contributed by atoms with E-state index in [-0.39, 0.29) is 11.5 Å². The van der Waals surface area contributed by atoms with Gasteiger partial charge in [0.05, 0.1) is 0 Å². The van der Waals surface area contributed by atoms with E-state index < -0.39 is 12.2 Å². The third-order valence-corrected chi connectivity index (χ3v) is 5.03. The number of alkyl halides is 3. The van der Waals surface area contributed by atoms with Crippen molar-refractivity contribution >= 4 is 11.6 Å². The van der Waals surface area contributed by atoms with Crippen LogP contribution in [0.15, 0.2) is 24.3 Å². The summed E-state index contributed by atoms with van der Waals surface area (Å²) in [5, 5.41) is 0. The van der Waals surface area contributed by atoms with Crippen LogP contribution in [0.3, 0.4) is 0 Å². The molecule has 0 heterocycles. The number of anilines is 1. The first-order valence-electron chi connectivity index (χ1n) is 10.5. The van der Waals surface area contributed by atoms with Crippen molar-refractivity contribution in [3.05, 3.63) is 29.8 Å². The van der Waals surface area contributed by atoms with Crippen molar-refractivity contribution in [1.82, 2.24) is 0 Å². The molecule has 1 amide bonds. The molecule has 0 aliphatic rings. The van der Waals surface area contributed by atoms with Gasteiger partial charge in [0.2, 0.25) is 5.91 Å². The molecule has 0 aliphatic carbocycles. The first kappa shape index (κ1) is 24.5. The maximum absolute atomic E-state index is 12.7. The van der Waals surface area contributed by atoms with Crippen LogP contribution in [0.5, 0.6) is 0 Å². The SMILES string of the molecule is CCCCCCCCCCCCN(C(C)=O)c1ccc(C(N)C(F)(F)F)cc1. The maximum atomic E-state index is 12.7. The van der Waals surface area contributed by atoms with Gasteiger partial charge in [-0.15, -0.1) is 0 Å². The van der Waals surface area contributed by atoms with E-state index in [1.165, 1.54) is 64.0 Å². The smallest absolute Gasteiger partial charge is 0.316 e. The van der Waals surface area contributed by atoms with Crippen molar-refractivity contribution in [1.29, 1.82) is 0 Å². The van der Waals surface area contributed by atoms with Crippen LogP contribution >= 0.6 is 0 Å². The van der Waals surface area contributed by atoms with Crippen LogP contribution in [0.1, 0.15) is 89.7 Å². The molecule has 0 saturated heterocycles. The molecule has 0 fully saturated rings. The Morgan fingerprint density at radius 2 is 1.39 bits per heavy atom. The normalized spacial score (nSPS) is 12.8. The molecule has 0 saturated carbocycles. The second kappa shape index (κ2) is 12.8. The molecule has 3 nitrogen and oxygen atoms in total. The van der Waals surface area contributed by atoms with Crippen LogP contribution in [0, 0.1) is 0 Å². The van der Waals surface area contributed by atoms with Gasteiger partial charge in [0.15, 0.2) is 0 Å². The average Bonchev–Trinajstić information content (AvgIpc) is 2.65. The molecule has 1 atom stereocenters. The summed E-state index contributed by atoms with van der Waals surface area (Å²) in [6.45, 7) is 4.28. The number of hydrogen-bond donors (Lipinski definition) is 1. The lowest BCUT2D eigenvalue weighted by Crippen LogP contribution is -2.30. The third kappa shape index (κ3) is 9.09. The minimum absolute atomic E-state index is 0.00121. The van der Waals surface area contributed by atoms with Crippen molar-refractivity contribution < 1.29 is 18.0 Å². The summed E-state index contributed by atoms with van der Waals surface area (Å²) < 4.78 is 38.1. The lowest BCUT2D eigenvalue weighted by atomic mass is 10.1. The van der Waals surface area contributed by atoms with Gasteiger partial charge in [-0.3, -0.25) is 4.79 Å². The van der Waals surface area contributed by atoms with Gasteiger partial charge in [-0.05, 0) is 24.1 Å². The Balaban J connectivity index is 2.38. The number of halogens is 3. The number of unbranched alkanes of at least 4 members (excludes halogenated alkanes) is 9. The zero-order chi connectivity index (χ0) is 21.0. The zero-order valence-electron chi connectivity index (χ0n) is 17.2. The molecule has 28 heavy (non-hydrogen) atoms. The molecule has 6 heteroatoms. The molecule has 1 unspecified atom stereocenters. The van der Waals surface area contributed by atoms with Crippen LogP contribution in [-0.4, -0.2) is 18.6 Å². The molecule has 0 aromatic heterocycles. The van der Waals surface area contributed by atoms with Crippen molar-refractivity contribution in [3.8, 4) is 0 Å². The molecule has 1 aromatic rings. The summed E-state index contributed by atoms with van der Waals surface area (Å²) in [6, 6.07) is 3.77. The van der Waals surface area contributed by atoms with Crippen molar-refractivity contribution in [2.75, 3.05) is 11.4 Å². The highest BCUT2D eigenvalue weighted by Crippen LogP contribution is 2.31. The molecule has 1 rings (SSSR count). The van der Waals surface area contributed by atoms with E-state index in [1.54, 1.807) is 17.0 Å². The van der Waals surface area contributed by atoms with Gasteiger partial charge >= 0.3 is 6.18 Å². The second-order valence-electron chi connectivity index (χ2n) is 7.46. The van der Waals surface area contributed by atoms with Crippen LogP contribution in [-0.2, 0) is 4.79 Å². The van der Waals surface area contributed by atoms with Gasteiger partial charge in [0.1, 0.15) is 6.04 Å². The minimum atomic E-state index is -4.47. The summed E-state index contributed by atoms with van der Waals surface area (Å²) >= 11 is 0. The van der Waals surface area contributed by atoms with Crippen LogP contribution < -0.4 is 10.6 Å². The fourth-order valence-corrected chi connectivity index (χ4v) is 3.28. The lowest BCUT2D eigenvalue weighted by molar-refractivity contribution is -0.149. The Morgan fingerprint density at radius 3 is 1.82 bits per heavy atom. The van der Waals surface area contributed by atoms with Crippen molar-refractivity contribution in [2.24, 2.45) is 5.73 Å². The summed E-state index contributed by atoms with van der Waals surface area (Å²) in [7, 11) is 0. The van der Waals surface area contributed by atoms with E-state index in [4.69, 9.17) is 5.73 Å². The number of nitrogens with two attached hydrogens (primary N) is 1. The molecule has 0 bridgehead atoms. The topological polar surface area (TPSA) is 46.3 Å². The highest BCUT2D eigenvalue weighted by molar-refractivity contribution is 5.91. The number of carbonyl (C=O) groups is 1. The molecule has 2 N–H and O–H groups in total. The quantitative estimate of drug-likeness (QED) is 0.383. The van der Waals surface area contributed by atoms with Gasteiger partial charge in [-0.2, -0.15) is 13.2 Å². The Kier molecular flexibility index (Phi) is 11.2. The van der Waals surface area contributed by atoms with E-state index in [0.29, 0.717) is 12.2 Å². The van der Waals surface area contributed by atoms with Crippen LogP contribution in [0.25, 0.3) is 0 Å². The fourth-order valence-electron chi connectivity index (χ4n) is 3.28. The number of carbonyl (C=O) groups excluding carboxylic acids is 1. The van der Waals surface area contributed by atoms with Crippen LogP contribution in [0.2, 0.25) is 0 Å². The number of nitrogens with zero attached hydrogens (tertiary/aromatic N) is 1. The predicted octanol–water partition coefficient (Wildman–Crippen LogP) is 6.52. The summed E-state index contributed by atoms with van der Waals surface area (Å²) in [5.74, 6) is -0.108. The van der Waals surface area contributed by atoms with Crippen molar-refractivity contribution in [2.45, 2.75) is 90.3 Å². The molecule has 0 aliphatic heterocycles. The van der Waals surface area contributed by atoms with Crippen molar-refractivity contribution in [3.63, 3.8) is 0 Å². The zero-order valence-corrected chi connectivity index (χ0v) is 17.2. The van der Waals surface area contributed by atoms with Gasteiger partial charge in [-0.25, -0.2) is 0 Å². The Bertz CT molecular complexity index is 558. The number of amides is 1. The number of hydrogen-bond acceptors (Lipinski definition) is 2. The largest absolute Gasteiger partial charge is 0.407 e. The Labute approximate surface area is 167 Å². The number of rotatable bonds is 13. The molecular weight excluding hydrogens is 365 g/mol. The van der Waals surface area contributed by atoms with Crippen LogP contribution in [0.4, 0.5) is 18.9 Å². The highest BCUT2D eigenvalue weighted by atomic mass is 19.4.